The molecule has 1 aromatic rings. The van der Waals surface area contributed by atoms with Crippen LogP contribution in [0.25, 0.3) is 5.57 Å². The fourth-order valence-electron chi connectivity index (χ4n) is 3.64. The largest absolute Gasteiger partial charge is 0.302 e. The molecular formula is C18H21N3O2. The van der Waals surface area contributed by atoms with Crippen molar-refractivity contribution in [2.24, 2.45) is 10.9 Å². The van der Waals surface area contributed by atoms with Crippen LogP contribution in [0, 0.1) is 5.92 Å². The fourth-order valence-corrected chi connectivity index (χ4v) is 3.64. The Balaban J connectivity index is 1.77. The molecule has 1 aromatic carbocycles. The van der Waals surface area contributed by atoms with Gasteiger partial charge in [-0.25, -0.2) is 14.8 Å². The number of carbonyl (C=O) groups excluding carboxylic acids is 2. The number of hydrazine groups is 1. The van der Waals surface area contributed by atoms with E-state index in [2.05, 4.69) is 15.0 Å². The number of hydrogen-bond donors (Lipinski definition) is 0. The zero-order chi connectivity index (χ0) is 16.1. The molecule has 2 atom stereocenters. The molecule has 5 nitrogen and oxygen atoms in total. The standard InChI is InChI=1S/C18H21N3O2/c22-13-17-7-4-9-21(17)20-10-8-16(12-20)18(11-19-14-23)15-5-2-1-3-6-15/h1-3,5-6,11,13,16-17H,4,7-10,12H2/t16?,17-/m0/s1. The Labute approximate surface area is 136 Å². The molecule has 3 rings (SSSR count). The van der Waals surface area contributed by atoms with E-state index in [1.807, 2.05) is 30.3 Å². The van der Waals surface area contributed by atoms with Crippen molar-refractivity contribution in [3.63, 3.8) is 0 Å². The van der Waals surface area contributed by atoms with Crippen LogP contribution in [0.2, 0.25) is 0 Å². The Kier molecular flexibility index (Phi) is 5.13. The van der Waals surface area contributed by atoms with E-state index in [9.17, 15) is 9.59 Å². The first-order valence-electron chi connectivity index (χ1n) is 8.12. The van der Waals surface area contributed by atoms with Crippen LogP contribution in [0.1, 0.15) is 24.8 Å². The van der Waals surface area contributed by atoms with Gasteiger partial charge in [-0.15, -0.1) is 0 Å². The third-order valence-electron chi connectivity index (χ3n) is 4.76. The first-order chi connectivity index (χ1) is 11.3. The lowest BCUT2D eigenvalue weighted by Gasteiger charge is -2.31. The summed E-state index contributed by atoms with van der Waals surface area (Å²) in [6, 6.07) is 10.1. The maximum atomic E-state index is 11.2. The minimum absolute atomic E-state index is 0.0194. The second kappa shape index (κ2) is 7.47. The molecule has 5 heteroatoms. The van der Waals surface area contributed by atoms with Crippen molar-refractivity contribution in [1.29, 1.82) is 0 Å². The molecule has 0 amide bonds. The Morgan fingerprint density at radius 3 is 2.78 bits per heavy atom. The first-order valence-corrected chi connectivity index (χ1v) is 8.12. The number of aldehydes is 1. The van der Waals surface area contributed by atoms with E-state index in [1.54, 1.807) is 12.3 Å². The average Bonchev–Trinajstić information content (AvgIpc) is 3.25. The number of hydrogen-bond acceptors (Lipinski definition) is 5. The summed E-state index contributed by atoms with van der Waals surface area (Å²) in [5.41, 5.74) is 2.16. The molecule has 0 N–H and O–H groups in total. The topological polar surface area (TPSA) is 53.0 Å². The maximum Gasteiger partial charge on any atom is 0.239 e. The maximum absolute atomic E-state index is 11.2. The zero-order valence-electron chi connectivity index (χ0n) is 13.1. The molecule has 0 saturated carbocycles. The van der Waals surface area contributed by atoms with E-state index in [0.29, 0.717) is 5.92 Å². The van der Waals surface area contributed by atoms with E-state index < -0.39 is 0 Å². The molecule has 0 bridgehead atoms. The molecule has 0 spiro atoms. The van der Waals surface area contributed by atoms with Gasteiger partial charge in [0.15, 0.2) is 0 Å². The third-order valence-corrected chi connectivity index (χ3v) is 4.76. The van der Waals surface area contributed by atoms with Gasteiger partial charge in [-0.05, 0) is 30.4 Å². The summed E-state index contributed by atoms with van der Waals surface area (Å²) in [5.74, 6) is 0.308. The van der Waals surface area contributed by atoms with E-state index in [4.69, 9.17) is 0 Å². The van der Waals surface area contributed by atoms with Crippen LogP contribution in [-0.4, -0.2) is 48.1 Å². The van der Waals surface area contributed by atoms with Crippen molar-refractivity contribution in [2.75, 3.05) is 19.6 Å². The van der Waals surface area contributed by atoms with Crippen LogP contribution in [0.4, 0.5) is 0 Å². The predicted molar refractivity (Wildman–Crippen MR) is 88.0 cm³/mol. The first kappa shape index (κ1) is 15.8. The van der Waals surface area contributed by atoms with Crippen LogP contribution in [0.5, 0.6) is 0 Å². The predicted octanol–water partition coefficient (Wildman–Crippen LogP) is 2.26. The van der Waals surface area contributed by atoms with Crippen molar-refractivity contribution in [3.8, 4) is 0 Å². The summed E-state index contributed by atoms with van der Waals surface area (Å²) in [6.45, 7) is 2.75. The van der Waals surface area contributed by atoms with Crippen molar-refractivity contribution in [2.45, 2.75) is 25.3 Å². The number of isocyanates is 1. The minimum atomic E-state index is 0.0194. The molecular weight excluding hydrogens is 290 g/mol. The lowest BCUT2D eigenvalue weighted by atomic mass is 9.92. The molecule has 0 radical (unpaired) electrons. The van der Waals surface area contributed by atoms with Gasteiger partial charge in [0, 0.05) is 31.8 Å². The normalized spacial score (nSPS) is 26.2. The molecule has 120 valence electrons. The van der Waals surface area contributed by atoms with E-state index in [0.717, 1.165) is 56.3 Å². The van der Waals surface area contributed by atoms with E-state index >= 15 is 0 Å². The van der Waals surface area contributed by atoms with Crippen LogP contribution in [0.15, 0.2) is 41.5 Å². The van der Waals surface area contributed by atoms with Gasteiger partial charge in [0.2, 0.25) is 6.08 Å². The molecule has 1 unspecified atom stereocenters. The highest BCUT2D eigenvalue weighted by atomic mass is 16.1. The van der Waals surface area contributed by atoms with E-state index in [1.165, 1.54) is 0 Å². The summed E-state index contributed by atoms with van der Waals surface area (Å²) in [7, 11) is 0. The van der Waals surface area contributed by atoms with Gasteiger partial charge in [-0.2, -0.15) is 4.99 Å². The molecule has 2 heterocycles. The number of carbonyl (C=O) groups is 1. The van der Waals surface area contributed by atoms with Gasteiger partial charge in [0.25, 0.3) is 0 Å². The average molecular weight is 311 g/mol. The van der Waals surface area contributed by atoms with Gasteiger partial charge in [-0.1, -0.05) is 30.3 Å². The summed E-state index contributed by atoms with van der Waals surface area (Å²) in [5, 5.41) is 4.50. The molecule has 2 fully saturated rings. The minimum Gasteiger partial charge on any atom is -0.302 e. The van der Waals surface area contributed by atoms with Gasteiger partial charge in [-0.3, -0.25) is 0 Å². The van der Waals surface area contributed by atoms with Crippen molar-refractivity contribution < 1.29 is 9.59 Å². The Bertz CT molecular complexity index is 622. The Hall–Kier alpha value is -2.07. The highest BCUT2D eigenvalue weighted by molar-refractivity contribution is 5.68. The second-order valence-corrected chi connectivity index (χ2v) is 6.08. The zero-order valence-corrected chi connectivity index (χ0v) is 13.1. The van der Waals surface area contributed by atoms with Crippen LogP contribution in [0.3, 0.4) is 0 Å². The molecule has 0 aliphatic carbocycles. The smallest absolute Gasteiger partial charge is 0.239 e. The number of nitrogens with zero attached hydrogens (tertiary/aromatic N) is 3. The van der Waals surface area contributed by atoms with Gasteiger partial charge < -0.3 is 4.79 Å². The Morgan fingerprint density at radius 2 is 2.04 bits per heavy atom. The monoisotopic (exact) mass is 311 g/mol. The van der Waals surface area contributed by atoms with Crippen molar-refractivity contribution in [3.05, 3.63) is 42.1 Å². The van der Waals surface area contributed by atoms with Crippen molar-refractivity contribution >= 4 is 17.9 Å². The number of benzene rings is 1. The molecule has 23 heavy (non-hydrogen) atoms. The highest BCUT2D eigenvalue weighted by Gasteiger charge is 2.35. The highest BCUT2D eigenvalue weighted by Crippen LogP contribution is 2.33. The fraction of sp³-hybridized carbons (Fsp3) is 0.444. The SMILES string of the molecule is O=C=NC=C(c1ccccc1)C1CCN(N2CCC[C@H]2C=O)C1. The van der Waals surface area contributed by atoms with Crippen LogP contribution in [-0.2, 0) is 9.59 Å². The summed E-state index contributed by atoms with van der Waals surface area (Å²) in [6.07, 6.45) is 7.31. The van der Waals surface area contributed by atoms with Gasteiger partial charge in [0.05, 0.1) is 6.04 Å². The lowest BCUT2D eigenvalue weighted by Crippen LogP contribution is -2.44. The Morgan fingerprint density at radius 1 is 1.22 bits per heavy atom. The molecule has 2 aliphatic heterocycles. The number of aliphatic imine (C=N–C) groups is 1. The summed E-state index contributed by atoms with van der Waals surface area (Å²) < 4.78 is 0. The summed E-state index contributed by atoms with van der Waals surface area (Å²) >= 11 is 0. The van der Waals surface area contributed by atoms with E-state index in [-0.39, 0.29) is 6.04 Å². The van der Waals surface area contributed by atoms with Gasteiger partial charge in [0.1, 0.15) is 6.29 Å². The second-order valence-electron chi connectivity index (χ2n) is 6.08. The summed E-state index contributed by atoms with van der Waals surface area (Å²) in [4.78, 5) is 25.4. The van der Waals surface area contributed by atoms with Crippen LogP contribution >= 0.6 is 0 Å². The molecule has 2 saturated heterocycles. The van der Waals surface area contributed by atoms with Crippen LogP contribution < -0.4 is 0 Å². The van der Waals surface area contributed by atoms with Crippen molar-refractivity contribution in [1.82, 2.24) is 10.0 Å². The lowest BCUT2D eigenvalue weighted by molar-refractivity contribution is -0.117. The van der Waals surface area contributed by atoms with Gasteiger partial charge >= 0.3 is 0 Å². The quantitative estimate of drug-likeness (QED) is 0.475. The molecule has 2 aliphatic rings. The third kappa shape index (κ3) is 3.48. The molecule has 0 aromatic heterocycles. The number of rotatable bonds is 5.